The molecule has 8 rings (SSSR count). The van der Waals surface area contributed by atoms with E-state index in [9.17, 15) is 30.6 Å². The Hall–Kier alpha value is -6.64. The summed E-state index contributed by atoms with van der Waals surface area (Å²) in [5, 5.41) is 37.4. The van der Waals surface area contributed by atoms with Crippen LogP contribution in [0.25, 0.3) is 34.4 Å². The van der Waals surface area contributed by atoms with Gasteiger partial charge in [-0.2, -0.15) is 21.0 Å². The SMILES string of the molecule is N#CC(C#N)=c1cc/c(=C\c2cc3c(s2)/C(=C2\C(=O)N(c4ccccc4)c4cc(/C=c5\ccc(=C(C#N)C#N)s5)sc42)C(=O)N3c2ccccc2)s1. The Labute approximate surface area is 312 Å². The number of hydrogen-bond acceptors (Lipinski definition) is 10. The zero-order valence-electron chi connectivity index (χ0n) is 26.5. The van der Waals surface area contributed by atoms with Crippen LogP contribution < -0.4 is 27.9 Å². The molecule has 0 fully saturated rings. The molecule has 0 N–H and O–H groups in total. The second kappa shape index (κ2) is 13.2. The molecule has 0 saturated heterocycles. The first-order valence-corrected chi connectivity index (χ1v) is 18.7. The fraction of sp³-hybridized carbons (Fsp3) is 0. The van der Waals surface area contributed by atoms with Gasteiger partial charge in [0, 0.05) is 30.2 Å². The van der Waals surface area contributed by atoms with Crippen LogP contribution in [0, 0.1) is 45.3 Å². The molecule has 2 amide bonds. The van der Waals surface area contributed by atoms with Crippen LogP contribution >= 0.6 is 45.3 Å². The highest BCUT2D eigenvalue weighted by Crippen LogP contribution is 2.54. The van der Waals surface area contributed by atoms with Crippen molar-refractivity contribution in [1.82, 2.24) is 0 Å². The van der Waals surface area contributed by atoms with Crippen molar-refractivity contribution in [2.45, 2.75) is 0 Å². The molecule has 52 heavy (non-hydrogen) atoms. The molecule has 0 radical (unpaired) electrons. The minimum Gasteiger partial charge on any atom is -0.275 e. The van der Waals surface area contributed by atoms with E-state index in [1.807, 2.05) is 121 Å². The number of anilines is 4. The summed E-state index contributed by atoms with van der Waals surface area (Å²) < 4.78 is 2.83. The molecule has 0 atom stereocenters. The van der Waals surface area contributed by atoms with Crippen molar-refractivity contribution in [3.63, 3.8) is 0 Å². The summed E-state index contributed by atoms with van der Waals surface area (Å²) >= 11 is 5.46. The van der Waals surface area contributed by atoms with E-state index in [1.54, 1.807) is 21.9 Å². The van der Waals surface area contributed by atoms with Crippen LogP contribution in [0.15, 0.2) is 97.1 Å². The topological polar surface area (TPSA) is 136 Å². The van der Waals surface area contributed by atoms with Crippen molar-refractivity contribution in [3.05, 3.63) is 135 Å². The predicted octanol–water partition coefficient (Wildman–Crippen LogP) is 6.25. The first-order valence-electron chi connectivity index (χ1n) is 15.5. The van der Waals surface area contributed by atoms with Crippen molar-refractivity contribution < 1.29 is 9.59 Å². The van der Waals surface area contributed by atoms with Crippen LogP contribution in [0.2, 0.25) is 0 Å². The van der Waals surface area contributed by atoms with Gasteiger partial charge in [-0.05, 0) is 72.8 Å². The van der Waals surface area contributed by atoms with Gasteiger partial charge in [0.05, 0.1) is 41.3 Å². The molecule has 0 spiro atoms. The number of amides is 2. The Morgan fingerprint density at radius 2 is 0.904 bits per heavy atom. The Balaban J connectivity index is 1.35. The van der Waals surface area contributed by atoms with E-state index in [1.165, 1.54) is 45.3 Å². The van der Waals surface area contributed by atoms with E-state index in [-0.39, 0.29) is 23.0 Å². The molecule has 2 aromatic carbocycles. The third kappa shape index (κ3) is 5.46. The normalized spacial score (nSPS) is 15.2. The average Bonchev–Trinajstić information content (AvgIpc) is 4.02. The Morgan fingerprint density at radius 3 is 1.27 bits per heavy atom. The fourth-order valence-corrected chi connectivity index (χ4v) is 10.3. The number of rotatable bonds is 4. The Bertz CT molecular complexity index is 2720. The van der Waals surface area contributed by atoms with Crippen LogP contribution in [0.4, 0.5) is 22.7 Å². The van der Waals surface area contributed by atoms with Gasteiger partial charge in [-0.15, -0.1) is 45.3 Å². The number of carbonyl (C=O) groups is 2. The Morgan fingerprint density at radius 1 is 0.519 bits per heavy atom. The minimum absolute atomic E-state index is 0.0456. The Kier molecular flexibility index (Phi) is 8.29. The van der Waals surface area contributed by atoms with Crippen molar-refractivity contribution >= 4 is 114 Å². The lowest BCUT2D eigenvalue weighted by Crippen LogP contribution is -2.24. The average molecular weight is 743 g/mol. The standard InChI is InChI=1S/C40H18N6O2S4/c41-19-23(20-42)33-13-11-27(49-33)15-29-17-31-37(51-29)35(39(47)45(31)25-7-3-1-4-8-25)36-38-32(46(40(36)48)26-9-5-2-6-10-26)18-30(52-38)16-28-12-14-34(50-28)24(21-43)22-44/h1-18H/b27-15+,28-16+,36-35+. The first-order chi connectivity index (χ1) is 25.4. The summed E-state index contributed by atoms with van der Waals surface area (Å²) in [6, 6.07) is 37.4. The van der Waals surface area contributed by atoms with Crippen molar-refractivity contribution in [3.8, 4) is 24.3 Å². The molecular weight excluding hydrogens is 725 g/mol. The van der Waals surface area contributed by atoms with Crippen LogP contribution in [-0.2, 0) is 9.59 Å². The van der Waals surface area contributed by atoms with E-state index in [0.29, 0.717) is 52.7 Å². The van der Waals surface area contributed by atoms with Crippen LogP contribution in [-0.4, -0.2) is 11.8 Å². The number of thiophene rings is 4. The summed E-state index contributed by atoms with van der Waals surface area (Å²) in [5.41, 5.74) is 3.39. The summed E-state index contributed by atoms with van der Waals surface area (Å²) in [7, 11) is 0. The number of nitrogens with zero attached hydrogens (tertiary/aromatic N) is 6. The maximum Gasteiger partial charge on any atom is 0.265 e. The predicted molar refractivity (Wildman–Crippen MR) is 206 cm³/mol. The van der Waals surface area contributed by atoms with Crippen molar-refractivity contribution in [2.75, 3.05) is 9.80 Å². The molecule has 0 bridgehead atoms. The molecule has 12 heteroatoms. The molecule has 2 aliphatic rings. The third-order valence-electron chi connectivity index (χ3n) is 8.27. The quantitative estimate of drug-likeness (QED) is 0.196. The number of nitriles is 4. The zero-order chi connectivity index (χ0) is 35.9. The van der Waals surface area contributed by atoms with Gasteiger partial charge >= 0.3 is 0 Å². The third-order valence-corrected chi connectivity index (χ3v) is 12.6. The van der Waals surface area contributed by atoms with Gasteiger partial charge in [0.25, 0.3) is 11.8 Å². The number of carbonyl (C=O) groups excluding carboxylic acids is 2. The van der Waals surface area contributed by atoms with Gasteiger partial charge in [0.1, 0.15) is 35.4 Å². The van der Waals surface area contributed by atoms with E-state index in [0.717, 1.165) is 18.8 Å². The lowest BCUT2D eigenvalue weighted by atomic mass is 10.1. The van der Waals surface area contributed by atoms with Crippen molar-refractivity contribution in [2.24, 2.45) is 0 Å². The largest absolute Gasteiger partial charge is 0.275 e. The highest BCUT2D eigenvalue weighted by molar-refractivity contribution is 7.17. The number of para-hydroxylation sites is 2. The van der Waals surface area contributed by atoms with E-state index < -0.39 is 0 Å². The van der Waals surface area contributed by atoms with Crippen LogP contribution in [0.1, 0.15) is 19.5 Å². The highest BCUT2D eigenvalue weighted by atomic mass is 32.1. The molecule has 4 aromatic heterocycles. The summed E-state index contributed by atoms with van der Waals surface area (Å²) in [6.45, 7) is 0. The molecular formula is C40H18N6O2S4. The van der Waals surface area contributed by atoms with Gasteiger partial charge in [-0.1, -0.05) is 36.4 Å². The molecule has 8 nitrogen and oxygen atoms in total. The van der Waals surface area contributed by atoms with E-state index in [4.69, 9.17) is 0 Å². The maximum atomic E-state index is 14.6. The number of hydrogen-bond donors (Lipinski definition) is 0. The first kappa shape index (κ1) is 32.6. The van der Waals surface area contributed by atoms with Crippen LogP contribution in [0.5, 0.6) is 0 Å². The molecule has 6 heterocycles. The van der Waals surface area contributed by atoms with Gasteiger partial charge in [-0.3, -0.25) is 19.4 Å². The smallest absolute Gasteiger partial charge is 0.265 e. The number of fused-ring (bicyclic) bond motifs is 2. The molecule has 2 aliphatic heterocycles. The van der Waals surface area contributed by atoms with Gasteiger partial charge in [-0.25, -0.2) is 0 Å². The van der Waals surface area contributed by atoms with Gasteiger partial charge in [0.15, 0.2) is 0 Å². The van der Waals surface area contributed by atoms with E-state index >= 15 is 0 Å². The molecule has 0 unspecified atom stereocenters. The second-order valence-electron chi connectivity index (χ2n) is 11.3. The zero-order valence-corrected chi connectivity index (χ0v) is 29.8. The fourth-order valence-electron chi connectivity index (χ4n) is 6.06. The number of benzene rings is 2. The van der Waals surface area contributed by atoms with Gasteiger partial charge in [0.2, 0.25) is 0 Å². The second-order valence-corrected chi connectivity index (χ2v) is 15.7. The van der Waals surface area contributed by atoms with Gasteiger partial charge < -0.3 is 0 Å². The molecule has 0 aliphatic carbocycles. The maximum absolute atomic E-state index is 14.6. The molecule has 0 saturated carbocycles. The molecule has 6 aromatic rings. The summed E-state index contributed by atoms with van der Waals surface area (Å²) in [4.78, 5) is 35.5. The van der Waals surface area contributed by atoms with Crippen molar-refractivity contribution in [1.29, 1.82) is 21.0 Å². The van der Waals surface area contributed by atoms with Crippen LogP contribution in [0.3, 0.4) is 0 Å². The molecule has 244 valence electrons. The lowest BCUT2D eigenvalue weighted by molar-refractivity contribution is -0.114. The van der Waals surface area contributed by atoms with E-state index in [2.05, 4.69) is 0 Å². The summed E-state index contributed by atoms with van der Waals surface area (Å²) in [5.74, 6) is -0.608. The summed E-state index contributed by atoms with van der Waals surface area (Å²) in [6.07, 6.45) is 3.90. The minimum atomic E-state index is -0.304. The highest BCUT2D eigenvalue weighted by Gasteiger charge is 2.45. The lowest BCUT2D eigenvalue weighted by Gasteiger charge is -2.17. The monoisotopic (exact) mass is 742 g/mol.